The molecule has 0 bridgehead atoms. The predicted molar refractivity (Wildman–Crippen MR) is 62.9 cm³/mol. The Balaban J connectivity index is 2.29. The molecule has 1 fully saturated rings. The SMILES string of the molecule is CC1(C(O)c2ccc(Cl)cc2F)CCCC1. The maximum absolute atomic E-state index is 13.7. The Labute approximate surface area is 100 Å². The van der Waals surface area contributed by atoms with Crippen LogP contribution in [0.2, 0.25) is 5.02 Å². The normalized spacial score (nSPS) is 21.0. The lowest BCUT2D eigenvalue weighted by Gasteiger charge is -2.30. The average Bonchev–Trinajstić information content (AvgIpc) is 2.66. The second-order valence-corrected chi connectivity index (χ2v) is 5.37. The minimum atomic E-state index is -0.729. The number of hydrogen-bond acceptors (Lipinski definition) is 1. The topological polar surface area (TPSA) is 20.2 Å². The molecule has 0 aliphatic heterocycles. The molecule has 3 heteroatoms. The second-order valence-electron chi connectivity index (χ2n) is 4.93. The molecule has 88 valence electrons. The highest BCUT2D eigenvalue weighted by molar-refractivity contribution is 6.30. The van der Waals surface area contributed by atoms with Gasteiger partial charge in [-0.05, 0) is 30.4 Å². The number of benzene rings is 1. The van der Waals surface area contributed by atoms with E-state index < -0.39 is 11.9 Å². The lowest BCUT2D eigenvalue weighted by molar-refractivity contribution is 0.0380. The summed E-state index contributed by atoms with van der Waals surface area (Å²) in [5.74, 6) is -0.409. The van der Waals surface area contributed by atoms with Gasteiger partial charge in [-0.2, -0.15) is 0 Å². The second kappa shape index (κ2) is 4.34. The molecule has 0 heterocycles. The van der Waals surface area contributed by atoms with Gasteiger partial charge in [0.15, 0.2) is 0 Å². The fraction of sp³-hybridized carbons (Fsp3) is 0.538. The molecule has 0 spiro atoms. The zero-order valence-electron chi connectivity index (χ0n) is 9.34. The van der Waals surface area contributed by atoms with Crippen LogP contribution in [0.25, 0.3) is 0 Å². The Bertz CT molecular complexity index is 386. The highest BCUT2D eigenvalue weighted by Crippen LogP contribution is 2.47. The number of halogens is 2. The molecule has 1 saturated carbocycles. The molecule has 2 rings (SSSR count). The van der Waals surface area contributed by atoms with Crippen LogP contribution in [0.3, 0.4) is 0 Å². The first kappa shape index (κ1) is 11.9. The highest BCUT2D eigenvalue weighted by atomic mass is 35.5. The smallest absolute Gasteiger partial charge is 0.130 e. The van der Waals surface area contributed by atoms with Gasteiger partial charge in [-0.3, -0.25) is 0 Å². The zero-order chi connectivity index (χ0) is 11.8. The first-order valence-corrected chi connectivity index (χ1v) is 6.04. The van der Waals surface area contributed by atoms with Crippen molar-refractivity contribution in [3.8, 4) is 0 Å². The number of aliphatic hydroxyl groups excluding tert-OH is 1. The third kappa shape index (κ3) is 2.09. The van der Waals surface area contributed by atoms with Gasteiger partial charge in [-0.15, -0.1) is 0 Å². The highest BCUT2D eigenvalue weighted by Gasteiger charge is 2.37. The van der Waals surface area contributed by atoms with Crippen LogP contribution in [0, 0.1) is 11.2 Å². The van der Waals surface area contributed by atoms with E-state index in [1.807, 2.05) is 6.92 Å². The maximum atomic E-state index is 13.7. The summed E-state index contributed by atoms with van der Waals surface area (Å²) in [4.78, 5) is 0. The fourth-order valence-corrected chi connectivity index (χ4v) is 2.71. The lowest BCUT2D eigenvalue weighted by Crippen LogP contribution is -2.22. The van der Waals surface area contributed by atoms with Crippen LogP contribution >= 0.6 is 11.6 Å². The average molecular weight is 243 g/mol. The summed E-state index contributed by atoms with van der Waals surface area (Å²) in [7, 11) is 0. The van der Waals surface area contributed by atoms with E-state index in [2.05, 4.69) is 0 Å². The third-order valence-corrected chi connectivity index (χ3v) is 3.90. The van der Waals surface area contributed by atoms with Crippen molar-refractivity contribution in [1.29, 1.82) is 0 Å². The maximum Gasteiger partial charge on any atom is 0.130 e. The lowest BCUT2D eigenvalue weighted by atomic mass is 9.79. The van der Waals surface area contributed by atoms with Crippen LogP contribution in [0.4, 0.5) is 4.39 Å². The molecule has 1 atom stereocenters. The Kier molecular flexibility index (Phi) is 3.22. The van der Waals surface area contributed by atoms with E-state index in [0.717, 1.165) is 25.7 Å². The van der Waals surface area contributed by atoms with Crippen LogP contribution in [0.15, 0.2) is 18.2 Å². The van der Waals surface area contributed by atoms with Crippen LogP contribution in [-0.2, 0) is 0 Å². The monoisotopic (exact) mass is 242 g/mol. The Hall–Kier alpha value is -0.600. The van der Waals surface area contributed by atoms with Gasteiger partial charge in [0.25, 0.3) is 0 Å². The largest absolute Gasteiger partial charge is 0.388 e. The molecule has 0 radical (unpaired) electrons. The standard InChI is InChI=1S/C13H16ClFO/c1-13(6-2-3-7-13)12(16)10-5-4-9(14)8-11(10)15/h4-5,8,12,16H,2-3,6-7H2,1H3. The van der Waals surface area contributed by atoms with Crippen molar-refractivity contribution in [2.45, 2.75) is 38.7 Å². The molecule has 0 aromatic heterocycles. The van der Waals surface area contributed by atoms with Crippen LogP contribution in [-0.4, -0.2) is 5.11 Å². The quantitative estimate of drug-likeness (QED) is 0.828. The van der Waals surface area contributed by atoms with E-state index in [9.17, 15) is 9.50 Å². The van der Waals surface area contributed by atoms with Crippen molar-refractivity contribution >= 4 is 11.6 Å². The van der Waals surface area contributed by atoms with Gasteiger partial charge in [-0.25, -0.2) is 4.39 Å². The van der Waals surface area contributed by atoms with E-state index in [0.29, 0.717) is 10.6 Å². The minimum Gasteiger partial charge on any atom is -0.388 e. The van der Waals surface area contributed by atoms with Gasteiger partial charge in [0.1, 0.15) is 5.82 Å². The summed E-state index contributed by atoms with van der Waals surface area (Å²) in [6.45, 7) is 2.03. The predicted octanol–water partition coefficient (Wildman–Crippen LogP) is 4.09. The van der Waals surface area contributed by atoms with Crippen LogP contribution < -0.4 is 0 Å². The fourth-order valence-electron chi connectivity index (χ4n) is 2.55. The number of rotatable bonds is 2. The summed E-state index contributed by atoms with van der Waals surface area (Å²) in [6, 6.07) is 4.48. The molecule has 1 aromatic rings. The van der Waals surface area contributed by atoms with Crippen LogP contribution in [0.1, 0.15) is 44.3 Å². The van der Waals surface area contributed by atoms with E-state index >= 15 is 0 Å². The van der Waals surface area contributed by atoms with Crippen molar-refractivity contribution in [2.24, 2.45) is 5.41 Å². The van der Waals surface area contributed by atoms with Crippen LogP contribution in [0.5, 0.6) is 0 Å². The summed E-state index contributed by atoms with van der Waals surface area (Å²) >= 11 is 5.69. The Morgan fingerprint density at radius 1 is 1.38 bits per heavy atom. The molecule has 1 N–H and O–H groups in total. The van der Waals surface area contributed by atoms with Gasteiger partial charge >= 0.3 is 0 Å². The first-order valence-electron chi connectivity index (χ1n) is 5.66. The Morgan fingerprint density at radius 3 is 2.56 bits per heavy atom. The first-order chi connectivity index (χ1) is 7.53. The summed E-state index contributed by atoms with van der Waals surface area (Å²) in [6.07, 6.45) is 3.41. The van der Waals surface area contributed by atoms with Crippen molar-refractivity contribution < 1.29 is 9.50 Å². The molecule has 1 aromatic carbocycles. The van der Waals surface area contributed by atoms with Gasteiger partial charge < -0.3 is 5.11 Å². The van der Waals surface area contributed by atoms with Gasteiger partial charge in [0, 0.05) is 10.6 Å². The van der Waals surface area contributed by atoms with E-state index in [4.69, 9.17) is 11.6 Å². The molecule has 1 nitrogen and oxygen atoms in total. The van der Waals surface area contributed by atoms with E-state index in [1.165, 1.54) is 6.07 Å². The summed E-state index contributed by atoms with van der Waals surface area (Å²) in [5, 5.41) is 10.6. The zero-order valence-corrected chi connectivity index (χ0v) is 10.1. The number of hydrogen-bond donors (Lipinski definition) is 1. The molecule has 0 amide bonds. The molecule has 1 aliphatic rings. The van der Waals surface area contributed by atoms with Crippen molar-refractivity contribution in [2.75, 3.05) is 0 Å². The summed E-state index contributed by atoms with van der Waals surface area (Å²) < 4.78 is 13.7. The molecular weight excluding hydrogens is 227 g/mol. The minimum absolute atomic E-state index is 0.186. The van der Waals surface area contributed by atoms with Crippen molar-refractivity contribution in [3.63, 3.8) is 0 Å². The number of aliphatic hydroxyl groups is 1. The summed E-state index contributed by atoms with van der Waals surface area (Å²) in [5.41, 5.74) is 0.183. The Morgan fingerprint density at radius 2 is 2.00 bits per heavy atom. The van der Waals surface area contributed by atoms with Crippen molar-refractivity contribution in [1.82, 2.24) is 0 Å². The molecule has 1 aliphatic carbocycles. The molecule has 1 unspecified atom stereocenters. The van der Waals surface area contributed by atoms with Gasteiger partial charge in [-0.1, -0.05) is 37.4 Å². The third-order valence-electron chi connectivity index (χ3n) is 3.66. The molecular formula is C13H16ClFO. The van der Waals surface area contributed by atoms with Gasteiger partial charge in [0.05, 0.1) is 6.10 Å². The van der Waals surface area contributed by atoms with Crippen molar-refractivity contribution in [3.05, 3.63) is 34.6 Å². The van der Waals surface area contributed by atoms with Gasteiger partial charge in [0.2, 0.25) is 0 Å². The molecule has 16 heavy (non-hydrogen) atoms. The van der Waals surface area contributed by atoms with E-state index in [1.54, 1.807) is 12.1 Å². The molecule has 0 saturated heterocycles. The van der Waals surface area contributed by atoms with E-state index in [-0.39, 0.29) is 5.41 Å².